The van der Waals surface area contributed by atoms with Gasteiger partial charge in [0.05, 0.1) is 18.3 Å². The van der Waals surface area contributed by atoms with Gasteiger partial charge in [0, 0.05) is 6.00 Å². The molecule has 0 radical (unpaired) electrons. The van der Waals surface area contributed by atoms with E-state index in [0.717, 1.165) is 26.5 Å². The molecular formula is C23H47BO3. The number of rotatable bonds is 17. The summed E-state index contributed by atoms with van der Waals surface area (Å²) >= 11 is 0. The molecule has 4 heteroatoms. The Kier molecular flexibility index (Phi) is 13.8. The van der Waals surface area contributed by atoms with Crippen molar-refractivity contribution in [1.82, 2.24) is 0 Å². The van der Waals surface area contributed by atoms with E-state index in [9.17, 15) is 5.11 Å². The molecular weight excluding hydrogens is 335 g/mol. The quantitative estimate of drug-likeness (QED) is 0.254. The molecule has 0 aromatic heterocycles. The van der Waals surface area contributed by atoms with E-state index in [1.54, 1.807) is 0 Å². The molecule has 0 bridgehead atoms. The van der Waals surface area contributed by atoms with Crippen molar-refractivity contribution in [3.8, 4) is 0 Å². The van der Waals surface area contributed by atoms with Gasteiger partial charge in [-0.1, -0.05) is 91.3 Å². The number of hydrogen-bond donors (Lipinski definition) is 1. The molecule has 1 heterocycles. The van der Waals surface area contributed by atoms with Gasteiger partial charge in [0.1, 0.15) is 6.10 Å². The molecule has 4 unspecified atom stereocenters. The van der Waals surface area contributed by atoms with Crippen LogP contribution < -0.4 is 0 Å². The van der Waals surface area contributed by atoms with Crippen molar-refractivity contribution in [3.05, 3.63) is 0 Å². The minimum Gasteiger partial charge on any atom is -0.390 e. The predicted octanol–water partition coefficient (Wildman–Crippen LogP) is 5.83. The summed E-state index contributed by atoms with van der Waals surface area (Å²) in [6, 6.07) is 0.221. The summed E-state index contributed by atoms with van der Waals surface area (Å²) in [7, 11) is 1.07. The maximum absolute atomic E-state index is 10.4. The lowest BCUT2D eigenvalue weighted by Crippen LogP contribution is -2.36. The molecule has 27 heavy (non-hydrogen) atoms. The molecule has 0 saturated carbocycles. The van der Waals surface area contributed by atoms with Gasteiger partial charge in [-0.2, -0.15) is 0 Å². The molecule has 160 valence electrons. The summed E-state index contributed by atoms with van der Waals surface area (Å²) in [5, 5.41) is 10.4. The monoisotopic (exact) mass is 382 g/mol. The molecule has 1 aliphatic rings. The van der Waals surface area contributed by atoms with Gasteiger partial charge in [0.25, 0.3) is 0 Å². The highest BCUT2D eigenvalue weighted by molar-refractivity contribution is 6.37. The summed E-state index contributed by atoms with van der Waals surface area (Å²) in [4.78, 5) is 0. The second-order valence-corrected chi connectivity index (χ2v) is 8.98. The van der Waals surface area contributed by atoms with Crippen LogP contribution in [0, 0.1) is 0 Å². The molecule has 3 nitrogen and oxygen atoms in total. The van der Waals surface area contributed by atoms with Gasteiger partial charge < -0.3 is 14.6 Å². The van der Waals surface area contributed by atoms with Crippen molar-refractivity contribution < 1.29 is 14.6 Å². The lowest BCUT2D eigenvalue weighted by molar-refractivity contribution is -0.103. The molecule has 1 aliphatic heterocycles. The fourth-order valence-electron chi connectivity index (χ4n) is 4.16. The first-order valence-electron chi connectivity index (χ1n) is 12.0. The third-order valence-corrected chi connectivity index (χ3v) is 6.14. The Labute approximate surface area is 170 Å². The first-order chi connectivity index (χ1) is 13.0. The third-order valence-electron chi connectivity index (χ3n) is 6.14. The molecule has 1 saturated heterocycles. The SMILES string of the molecule is CCCBC1CC(O)C(COC(C)(CCCCCC)CCCCCCC)O1. The van der Waals surface area contributed by atoms with Gasteiger partial charge >= 0.3 is 0 Å². The van der Waals surface area contributed by atoms with Crippen LogP contribution in [0.5, 0.6) is 0 Å². The largest absolute Gasteiger partial charge is 0.390 e. The number of unbranched alkanes of at least 4 members (excludes halogenated alkanes) is 7. The van der Waals surface area contributed by atoms with Crippen LogP contribution in [0.15, 0.2) is 0 Å². The molecule has 1 N–H and O–H groups in total. The van der Waals surface area contributed by atoms with E-state index < -0.39 is 0 Å². The fraction of sp³-hybridized carbons (Fsp3) is 1.00. The molecule has 0 amide bonds. The molecule has 4 atom stereocenters. The summed E-state index contributed by atoms with van der Waals surface area (Å²) in [6.07, 6.45) is 16.6. The lowest BCUT2D eigenvalue weighted by atomic mass is 9.66. The summed E-state index contributed by atoms with van der Waals surface area (Å²) in [5.41, 5.74) is -0.0649. The van der Waals surface area contributed by atoms with Gasteiger partial charge in [-0.15, -0.1) is 0 Å². The Hall–Kier alpha value is -0.0551. The number of aliphatic hydroxyl groups excluding tert-OH is 1. The van der Waals surface area contributed by atoms with Crippen LogP contribution in [0.3, 0.4) is 0 Å². The van der Waals surface area contributed by atoms with Crippen molar-refractivity contribution in [2.75, 3.05) is 6.61 Å². The van der Waals surface area contributed by atoms with Crippen LogP contribution in [0.25, 0.3) is 0 Å². The average molecular weight is 382 g/mol. The Morgan fingerprint density at radius 3 is 2.11 bits per heavy atom. The summed E-state index contributed by atoms with van der Waals surface area (Å²) in [5.74, 6) is 0. The van der Waals surface area contributed by atoms with Crippen molar-refractivity contribution in [2.45, 2.75) is 141 Å². The molecule has 0 aromatic carbocycles. The zero-order valence-corrected chi connectivity index (χ0v) is 18.8. The average Bonchev–Trinajstić information content (AvgIpc) is 3.02. The Morgan fingerprint density at radius 1 is 0.926 bits per heavy atom. The Balaban J connectivity index is 2.43. The first kappa shape index (κ1) is 25.0. The van der Waals surface area contributed by atoms with Crippen LogP contribution in [0.2, 0.25) is 6.32 Å². The van der Waals surface area contributed by atoms with Gasteiger partial charge in [-0.05, 0) is 26.2 Å². The van der Waals surface area contributed by atoms with E-state index in [-0.39, 0.29) is 23.8 Å². The molecule has 0 aliphatic carbocycles. The van der Waals surface area contributed by atoms with E-state index >= 15 is 0 Å². The standard InChI is InChI=1S/C23H47BO3/c1-5-8-10-12-14-16-23(4,15-13-11-9-6-2)26-19-21-20(25)18-22(27-21)24-17-7-3/h20-22,24-25H,5-19H2,1-4H3. The van der Waals surface area contributed by atoms with Crippen LogP contribution in [-0.4, -0.2) is 42.8 Å². The summed E-state index contributed by atoms with van der Waals surface area (Å²) in [6.45, 7) is 9.56. The normalized spacial score (nSPS) is 24.9. The first-order valence-corrected chi connectivity index (χ1v) is 12.0. The van der Waals surface area contributed by atoms with Crippen molar-refractivity contribution in [2.24, 2.45) is 0 Å². The molecule has 1 fully saturated rings. The Morgan fingerprint density at radius 2 is 1.52 bits per heavy atom. The third kappa shape index (κ3) is 10.9. The van der Waals surface area contributed by atoms with Gasteiger partial charge in [0.15, 0.2) is 7.28 Å². The van der Waals surface area contributed by atoms with E-state index in [0.29, 0.717) is 6.61 Å². The smallest absolute Gasteiger partial charge is 0.157 e. The van der Waals surface area contributed by atoms with Crippen LogP contribution in [0.1, 0.15) is 111 Å². The number of ether oxygens (including phenoxy) is 2. The molecule has 0 aromatic rings. The van der Waals surface area contributed by atoms with Crippen LogP contribution in [0.4, 0.5) is 0 Å². The maximum Gasteiger partial charge on any atom is 0.157 e. The van der Waals surface area contributed by atoms with Gasteiger partial charge in [-0.3, -0.25) is 0 Å². The second kappa shape index (κ2) is 14.9. The van der Waals surface area contributed by atoms with E-state index in [2.05, 4.69) is 27.7 Å². The lowest BCUT2D eigenvalue weighted by Gasteiger charge is -2.32. The van der Waals surface area contributed by atoms with E-state index in [1.165, 1.54) is 70.5 Å². The van der Waals surface area contributed by atoms with Crippen molar-refractivity contribution in [3.63, 3.8) is 0 Å². The van der Waals surface area contributed by atoms with E-state index in [1.807, 2.05) is 0 Å². The molecule has 0 spiro atoms. The highest BCUT2D eigenvalue weighted by Gasteiger charge is 2.35. The van der Waals surface area contributed by atoms with Gasteiger partial charge in [-0.25, -0.2) is 0 Å². The van der Waals surface area contributed by atoms with Crippen molar-refractivity contribution >= 4 is 7.28 Å². The zero-order valence-electron chi connectivity index (χ0n) is 18.8. The highest BCUT2D eigenvalue weighted by Crippen LogP contribution is 2.29. The maximum atomic E-state index is 10.4. The fourth-order valence-corrected chi connectivity index (χ4v) is 4.16. The van der Waals surface area contributed by atoms with Crippen LogP contribution >= 0.6 is 0 Å². The zero-order chi connectivity index (χ0) is 20.0. The molecule has 1 rings (SSSR count). The van der Waals surface area contributed by atoms with Crippen molar-refractivity contribution in [1.29, 1.82) is 0 Å². The summed E-state index contributed by atoms with van der Waals surface area (Å²) < 4.78 is 12.5. The minimum atomic E-state index is -0.360. The minimum absolute atomic E-state index is 0.0649. The van der Waals surface area contributed by atoms with Crippen LogP contribution in [-0.2, 0) is 9.47 Å². The number of hydrogen-bond acceptors (Lipinski definition) is 3. The predicted molar refractivity (Wildman–Crippen MR) is 118 cm³/mol. The topological polar surface area (TPSA) is 38.7 Å². The second-order valence-electron chi connectivity index (χ2n) is 8.98. The highest BCUT2D eigenvalue weighted by atomic mass is 16.6. The van der Waals surface area contributed by atoms with E-state index in [4.69, 9.17) is 9.47 Å². The Bertz CT molecular complexity index is 353. The van der Waals surface area contributed by atoms with Gasteiger partial charge in [0.2, 0.25) is 0 Å². The number of aliphatic hydroxyl groups is 1.